The van der Waals surface area contributed by atoms with Crippen molar-refractivity contribution in [2.75, 3.05) is 12.4 Å². The number of alkyl halides is 1. The first-order chi connectivity index (χ1) is 17.1. The molecule has 36 heavy (non-hydrogen) atoms. The minimum atomic E-state index is -1.07. The number of ether oxygens (including phenoxy) is 1. The van der Waals surface area contributed by atoms with E-state index in [1.165, 1.54) is 17.8 Å². The number of esters is 1. The number of hydrogen-bond donors (Lipinski definition) is 4. The van der Waals surface area contributed by atoms with Gasteiger partial charge >= 0.3 is 11.7 Å². The fourth-order valence-corrected chi connectivity index (χ4v) is 5.45. The second kappa shape index (κ2) is 12.0. The number of carbonyl (C=O) groups excluding carboxylic acids is 1. The van der Waals surface area contributed by atoms with E-state index in [0.717, 1.165) is 0 Å². The number of aromatic nitrogens is 2. The van der Waals surface area contributed by atoms with Gasteiger partial charge in [-0.2, -0.15) is 0 Å². The normalized spacial score (nSPS) is 27.5. The second-order valence-electron chi connectivity index (χ2n) is 10.0. The summed E-state index contributed by atoms with van der Waals surface area (Å²) in [6.07, 6.45) is 4.26. The van der Waals surface area contributed by atoms with Crippen LogP contribution in [-0.2, 0) is 16.1 Å². The molecule has 10 heteroatoms. The Morgan fingerprint density at radius 3 is 2.58 bits per heavy atom. The van der Waals surface area contributed by atoms with Gasteiger partial charge in [-0.15, -0.1) is 0 Å². The Bertz CT molecular complexity index is 1090. The fraction of sp³-hybridized carbons (Fsp3) is 0.654. The molecule has 0 radical (unpaired) electrons. The van der Waals surface area contributed by atoms with Crippen LogP contribution in [-0.4, -0.2) is 57.3 Å². The summed E-state index contributed by atoms with van der Waals surface area (Å²) < 4.78 is 20.0. The van der Waals surface area contributed by atoms with Crippen LogP contribution in [0.2, 0.25) is 0 Å². The van der Waals surface area contributed by atoms with Crippen LogP contribution in [0, 0.1) is 17.8 Å². The molecule has 0 saturated heterocycles. The molecule has 7 unspecified atom stereocenters. The number of anilines is 1. The van der Waals surface area contributed by atoms with Crippen LogP contribution in [0.15, 0.2) is 33.9 Å². The summed E-state index contributed by atoms with van der Waals surface area (Å²) >= 11 is 0. The summed E-state index contributed by atoms with van der Waals surface area (Å²) in [7, 11) is 1.23. The van der Waals surface area contributed by atoms with Crippen molar-refractivity contribution < 1.29 is 24.1 Å². The van der Waals surface area contributed by atoms with E-state index < -0.39 is 35.6 Å². The zero-order chi connectivity index (χ0) is 26.6. The number of H-pyrrole nitrogens is 1. The number of halogens is 1. The van der Waals surface area contributed by atoms with E-state index >= 15 is 0 Å². The van der Waals surface area contributed by atoms with Crippen molar-refractivity contribution in [1.82, 2.24) is 9.55 Å². The molecule has 0 amide bonds. The van der Waals surface area contributed by atoms with Gasteiger partial charge in [0.1, 0.15) is 12.0 Å². The van der Waals surface area contributed by atoms with E-state index in [1.807, 2.05) is 32.9 Å². The number of fused-ring (bicyclic) bond motifs is 1. The minimum absolute atomic E-state index is 0.0534. The maximum absolute atomic E-state index is 13.9. The Morgan fingerprint density at radius 2 is 2.00 bits per heavy atom. The van der Waals surface area contributed by atoms with Crippen molar-refractivity contribution in [1.29, 1.82) is 0 Å². The molecular formula is C26H38FN3O6. The lowest BCUT2D eigenvalue weighted by Gasteiger charge is -2.44. The molecular weight excluding hydrogens is 469 g/mol. The lowest BCUT2D eigenvalue weighted by Crippen LogP contribution is -2.49. The molecule has 2 aliphatic rings. The highest BCUT2D eigenvalue weighted by Crippen LogP contribution is 2.46. The van der Waals surface area contributed by atoms with Gasteiger partial charge in [0.2, 0.25) is 0 Å². The average molecular weight is 508 g/mol. The van der Waals surface area contributed by atoms with E-state index in [4.69, 9.17) is 0 Å². The number of methoxy groups -OCH3 is 1. The summed E-state index contributed by atoms with van der Waals surface area (Å²) in [6, 6.07) is -0.179. The van der Waals surface area contributed by atoms with E-state index in [-0.39, 0.29) is 42.6 Å². The van der Waals surface area contributed by atoms with Crippen LogP contribution >= 0.6 is 0 Å². The molecule has 4 N–H and O–H groups in total. The van der Waals surface area contributed by atoms with Crippen LogP contribution in [0.3, 0.4) is 0 Å². The zero-order valence-electron chi connectivity index (χ0n) is 21.3. The standard InChI is InChI=1S/C26H38FN3O6/c1-5-30-24-22(25(34)29-26(30)35)21(15-6-8-16(27)9-7-15)19(23(28-24)14(2)3)11-10-17(31)12-18(32)13-20(33)36-4/h6,8,10-11,14-19,21,23,28,31-32H,5,7,9,12-13H2,1-4H3,(H,29,34,35)/b11-10+. The molecule has 1 aliphatic carbocycles. The summed E-state index contributed by atoms with van der Waals surface area (Å²) in [4.78, 5) is 39.5. The van der Waals surface area contributed by atoms with Crippen molar-refractivity contribution in [3.05, 3.63) is 50.7 Å². The highest BCUT2D eigenvalue weighted by molar-refractivity contribution is 5.69. The molecule has 0 saturated carbocycles. The predicted molar refractivity (Wildman–Crippen MR) is 135 cm³/mol. The molecule has 2 heterocycles. The Kier molecular flexibility index (Phi) is 9.30. The number of aliphatic hydroxyl groups is 2. The van der Waals surface area contributed by atoms with Gasteiger partial charge in [-0.05, 0) is 31.6 Å². The topological polar surface area (TPSA) is 134 Å². The summed E-state index contributed by atoms with van der Waals surface area (Å²) in [5.41, 5.74) is -0.500. The first-order valence-electron chi connectivity index (χ1n) is 12.6. The van der Waals surface area contributed by atoms with Gasteiger partial charge in [-0.25, -0.2) is 9.18 Å². The molecule has 0 aromatic carbocycles. The third-order valence-corrected chi connectivity index (χ3v) is 7.24. The molecule has 7 atom stereocenters. The van der Waals surface area contributed by atoms with Crippen LogP contribution < -0.4 is 16.6 Å². The summed E-state index contributed by atoms with van der Waals surface area (Å²) in [5.74, 6) is -0.742. The van der Waals surface area contributed by atoms with Crippen LogP contribution in [0.1, 0.15) is 57.9 Å². The SMILES string of the molecule is CCn1c2c(c(=O)[nH]c1=O)C(C1C=CC(F)CC1)C(/C=C/C(O)CC(O)CC(=O)OC)C(C(C)C)N2. The van der Waals surface area contributed by atoms with Gasteiger partial charge in [0, 0.05) is 30.8 Å². The van der Waals surface area contributed by atoms with Gasteiger partial charge in [0.15, 0.2) is 0 Å². The van der Waals surface area contributed by atoms with E-state index in [2.05, 4.69) is 15.0 Å². The molecule has 1 aromatic heterocycles. The number of hydrogen-bond acceptors (Lipinski definition) is 7. The lowest BCUT2D eigenvalue weighted by molar-refractivity contribution is -0.143. The highest BCUT2D eigenvalue weighted by Gasteiger charge is 2.43. The van der Waals surface area contributed by atoms with Gasteiger partial charge in [-0.3, -0.25) is 19.1 Å². The fourth-order valence-electron chi connectivity index (χ4n) is 5.45. The molecule has 1 aromatic rings. The summed E-state index contributed by atoms with van der Waals surface area (Å²) in [6.45, 7) is 6.27. The van der Waals surface area contributed by atoms with Gasteiger partial charge in [-0.1, -0.05) is 38.2 Å². The van der Waals surface area contributed by atoms with Crippen molar-refractivity contribution in [3.63, 3.8) is 0 Å². The minimum Gasteiger partial charge on any atom is -0.469 e. The van der Waals surface area contributed by atoms with Crippen LogP contribution in [0.25, 0.3) is 0 Å². The maximum atomic E-state index is 13.9. The number of nitrogens with zero attached hydrogens (tertiary/aromatic N) is 1. The number of aromatic amines is 1. The Hall–Kier alpha value is -2.72. The number of rotatable bonds is 9. The predicted octanol–water partition coefficient (Wildman–Crippen LogP) is 2.24. The smallest absolute Gasteiger partial charge is 0.329 e. The Balaban J connectivity index is 2.04. The monoisotopic (exact) mass is 507 g/mol. The van der Waals surface area contributed by atoms with Crippen molar-refractivity contribution in [2.45, 2.75) is 83.3 Å². The number of nitrogens with one attached hydrogen (secondary N) is 2. The molecule has 3 rings (SSSR count). The van der Waals surface area contributed by atoms with Crippen LogP contribution in [0.4, 0.5) is 10.2 Å². The third kappa shape index (κ3) is 6.15. The van der Waals surface area contributed by atoms with Gasteiger partial charge < -0.3 is 20.3 Å². The highest BCUT2D eigenvalue weighted by atomic mass is 19.1. The molecule has 9 nitrogen and oxygen atoms in total. The van der Waals surface area contributed by atoms with Gasteiger partial charge in [0.25, 0.3) is 5.56 Å². The Labute approximate surface area is 210 Å². The third-order valence-electron chi connectivity index (χ3n) is 7.24. The molecule has 0 bridgehead atoms. The molecule has 0 fully saturated rings. The second-order valence-corrected chi connectivity index (χ2v) is 10.0. The average Bonchev–Trinajstić information content (AvgIpc) is 2.82. The largest absolute Gasteiger partial charge is 0.469 e. The number of allylic oxidation sites excluding steroid dienone is 2. The first kappa shape index (κ1) is 27.9. The van der Waals surface area contributed by atoms with Crippen molar-refractivity contribution in [3.8, 4) is 0 Å². The summed E-state index contributed by atoms with van der Waals surface area (Å²) in [5, 5.41) is 24.1. The quantitative estimate of drug-likeness (QED) is 0.298. The van der Waals surface area contributed by atoms with E-state index in [0.29, 0.717) is 30.8 Å². The molecule has 0 spiro atoms. The van der Waals surface area contributed by atoms with Crippen molar-refractivity contribution >= 4 is 11.8 Å². The lowest BCUT2D eigenvalue weighted by atomic mass is 9.67. The number of aliphatic hydroxyl groups excluding tert-OH is 2. The molecule has 1 aliphatic heterocycles. The van der Waals surface area contributed by atoms with Gasteiger partial charge in [0.05, 0.1) is 31.3 Å². The maximum Gasteiger partial charge on any atom is 0.329 e. The van der Waals surface area contributed by atoms with E-state index in [1.54, 1.807) is 6.08 Å². The van der Waals surface area contributed by atoms with Crippen LogP contribution in [0.5, 0.6) is 0 Å². The zero-order valence-corrected chi connectivity index (χ0v) is 21.3. The molecule has 200 valence electrons. The van der Waals surface area contributed by atoms with Crippen molar-refractivity contribution in [2.24, 2.45) is 17.8 Å². The van der Waals surface area contributed by atoms with E-state index in [9.17, 15) is 29.0 Å². The first-order valence-corrected chi connectivity index (χ1v) is 12.6. The number of carbonyl (C=O) groups is 1. The Morgan fingerprint density at radius 1 is 1.28 bits per heavy atom.